The van der Waals surface area contributed by atoms with Gasteiger partial charge in [0.1, 0.15) is 6.10 Å². The minimum atomic E-state index is -4.14. The van der Waals surface area contributed by atoms with E-state index in [1.54, 1.807) is 0 Å². The number of hydrogen-bond acceptors (Lipinski definition) is 4. The fraction of sp³-hybridized carbons (Fsp3) is 0.941. The van der Waals surface area contributed by atoms with Crippen LogP contribution in [-0.2, 0) is 9.47 Å². The van der Waals surface area contributed by atoms with Crippen molar-refractivity contribution in [1.29, 1.82) is 0 Å². The summed E-state index contributed by atoms with van der Waals surface area (Å²) < 4.78 is 49.4. The van der Waals surface area contributed by atoms with Gasteiger partial charge in [-0.15, -0.1) is 24.0 Å². The zero-order valence-electron chi connectivity index (χ0n) is 15.7. The van der Waals surface area contributed by atoms with Crippen molar-refractivity contribution >= 4 is 29.9 Å². The second kappa shape index (κ2) is 10.4. The number of ether oxygens (including phenoxy) is 2. The van der Waals surface area contributed by atoms with E-state index in [4.69, 9.17) is 9.47 Å². The highest BCUT2D eigenvalue weighted by Gasteiger charge is 2.36. The Morgan fingerprint density at radius 1 is 1.11 bits per heavy atom. The molecule has 0 aliphatic carbocycles. The molecule has 158 valence electrons. The van der Waals surface area contributed by atoms with Crippen molar-refractivity contribution in [2.24, 2.45) is 4.99 Å². The van der Waals surface area contributed by atoms with Gasteiger partial charge in [0.15, 0.2) is 5.96 Å². The number of halogens is 4. The van der Waals surface area contributed by atoms with Crippen LogP contribution in [0.4, 0.5) is 13.2 Å². The minimum Gasteiger partial charge on any atom is -0.375 e. The predicted molar refractivity (Wildman–Crippen MR) is 108 cm³/mol. The molecule has 3 fully saturated rings. The number of aliphatic imine (C=N–C) groups is 1. The summed E-state index contributed by atoms with van der Waals surface area (Å²) in [6.45, 7) is 5.43. The smallest absolute Gasteiger partial charge is 0.375 e. The van der Waals surface area contributed by atoms with Gasteiger partial charge >= 0.3 is 6.18 Å². The number of nitrogens with one attached hydrogen (secondary N) is 1. The van der Waals surface area contributed by atoms with Gasteiger partial charge in [0.2, 0.25) is 0 Å². The Hall–Kier alpha value is -0.330. The van der Waals surface area contributed by atoms with Crippen LogP contribution in [0, 0.1) is 0 Å². The molecule has 0 saturated carbocycles. The van der Waals surface area contributed by atoms with E-state index in [2.05, 4.69) is 15.2 Å². The SMILES string of the molecule is CCN=C(NC1CCN(CC(F)(F)F)C1)N1CCOC(C2CCCO2)C1.I. The van der Waals surface area contributed by atoms with Crippen LogP contribution in [0.2, 0.25) is 0 Å². The molecule has 3 unspecified atom stereocenters. The minimum absolute atomic E-state index is 0. The molecule has 0 aromatic carbocycles. The summed E-state index contributed by atoms with van der Waals surface area (Å²) in [5.41, 5.74) is 0. The molecular weight excluding hydrogens is 476 g/mol. The fourth-order valence-electron chi connectivity index (χ4n) is 3.91. The molecule has 6 nitrogen and oxygen atoms in total. The molecule has 3 saturated heterocycles. The van der Waals surface area contributed by atoms with Gasteiger partial charge in [-0.1, -0.05) is 0 Å². The first-order chi connectivity index (χ1) is 12.4. The maximum absolute atomic E-state index is 12.6. The third kappa shape index (κ3) is 6.90. The van der Waals surface area contributed by atoms with E-state index in [9.17, 15) is 13.2 Å². The summed E-state index contributed by atoms with van der Waals surface area (Å²) in [6.07, 6.45) is -1.21. The molecule has 27 heavy (non-hydrogen) atoms. The topological polar surface area (TPSA) is 49.3 Å². The van der Waals surface area contributed by atoms with E-state index in [0.717, 1.165) is 32.0 Å². The zero-order valence-corrected chi connectivity index (χ0v) is 18.0. The summed E-state index contributed by atoms with van der Waals surface area (Å²) in [5.74, 6) is 0.776. The Morgan fingerprint density at radius 3 is 2.56 bits per heavy atom. The molecule has 3 heterocycles. The number of morpholine rings is 1. The molecule has 3 aliphatic rings. The van der Waals surface area contributed by atoms with Crippen LogP contribution in [0.25, 0.3) is 0 Å². The van der Waals surface area contributed by atoms with Gasteiger partial charge in [0.25, 0.3) is 0 Å². The molecule has 1 N–H and O–H groups in total. The van der Waals surface area contributed by atoms with Crippen LogP contribution in [0.5, 0.6) is 0 Å². The van der Waals surface area contributed by atoms with E-state index in [0.29, 0.717) is 39.2 Å². The molecule has 0 spiro atoms. The van der Waals surface area contributed by atoms with Gasteiger partial charge in [-0.25, -0.2) is 0 Å². The van der Waals surface area contributed by atoms with Gasteiger partial charge in [0.05, 0.1) is 19.3 Å². The quantitative estimate of drug-likeness (QED) is 0.360. The number of guanidine groups is 1. The summed E-state index contributed by atoms with van der Waals surface area (Å²) in [6, 6.07) is -0.00771. The average Bonchev–Trinajstić information content (AvgIpc) is 3.25. The molecule has 10 heteroatoms. The van der Waals surface area contributed by atoms with Crippen LogP contribution in [0.3, 0.4) is 0 Å². The molecule has 0 radical (unpaired) electrons. The maximum Gasteiger partial charge on any atom is 0.401 e. The molecule has 3 aliphatic heterocycles. The largest absolute Gasteiger partial charge is 0.401 e. The van der Waals surface area contributed by atoms with Crippen molar-refractivity contribution < 1.29 is 22.6 Å². The molecule has 3 atom stereocenters. The zero-order chi connectivity index (χ0) is 18.6. The second-order valence-corrected chi connectivity index (χ2v) is 7.18. The van der Waals surface area contributed by atoms with Crippen LogP contribution < -0.4 is 5.32 Å². The van der Waals surface area contributed by atoms with Crippen LogP contribution in [0.1, 0.15) is 26.2 Å². The van der Waals surface area contributed by atoms with E-state index in [-0.39, 0.29) is 42.2 Å². The summed E-state index contributed by atoms with van der Waals surface area (Å²) in [5, 5.41) is 3.38. The highest BCUT2D eigenvalue weighted by molar-refractivity contribution is 14.0. The molecule has 0 bridgehead atoms. The molecule has 3 rings (SSSR count). The van der Waals surface area contributed by atoms with Crippen LogP contribution >= 0.6 is 24.0 Å². The normalized spacial score (nSPS) is 30.4. The molecule has 0 aromatic rings. The Balaban J connectivity index is 0.00000261. The maximum atomic E-state index is 12.6. The van der Waals surface area contributed by atoms with E-state index in [1.807, 2.05) is 6.92 Å². The number of nitrogens with zero attached hydrogens (tertiary/aromatic N) is 3. The third-order valence-corrected chi connectivity index (χ3v) is 5.09. The lowest BCUT2D eigenvalue weighted by Crippen LogP contribution is -2.55. The summed E-state index contributed by atoms with van der Waals surface area (Å²) in [4.78, 5) is 8.18. The van der Waals surface area contributed by atoms with Crippen LogP contribution in [-0.4, -0.2) is 92.7 Å². The first kappa shape index (κ1) is 23.0. The second-order valence-electron chi connectivity index (χ2n) is 7.18. The Morgan fingerprint density at radius 2 is 1.89 bits per heavy atom. The van der Waals surface area contributed by atoms with Gasteiger partial charge in [-0.3, -0.25) is 9.89 Å². The summed E-state index contributed by atoms with van der Waals surface area (Å²) >= 11 is 0. The van der Waals surface area contributed by atoms with Gasteiger partial charge in [-0.05, 0) is 26.2 Å². The van der Waals surface area contributed by atoms with Crippen molar-refractivity contribution in [2.45, 2.75) is 50.6 Å². The first-order valence-corrected chi connectivity index (χ1v) is 9.53. The first-order valence-electron chi connectivity index (χ1n) is 9.53. The number of hydrogen-bond donors (Lipinski definition) is 1. The van der Waals surface area contributed by atoms with Crippen molar-refractivity contribution in [3.8, 4) is 0 Å². The van der Waals surface area contributed by atoms with Crippen LogP contribution in [0.15, 0.2) is 4.99 Å². The van der Waals surface area contributed by atoms with Gasteiger partial charge in [0, 0.05) is 45.4 Å². The number of likely N-dealkylation sites (tertiary alicyclic amines) is 1. The van der Waals surface area contributed by atoms with Gasteiger partial charge < -0.3 is 19.7 Å². The monoisotopic (exact) mass is 506 g/mol. The van der Waals surface area contributed by atoms with Crippen molar-refractivity contribution in [2.75, 3.05) is 52.5 Å². The Kier molecular flexibility index (Phi) is 8.88. The molecule has 0 amide bonds. The standard InChI is InChI=1S/C17H29F3N4O2.HI/c1-2-21-16(22-13-5-6-23(10-13)12-17(18,19)20)24-7-9-26-15(11-24)14-4-3-8-25-14;/h13-15H,2-12H2,1H3,(H,21,22);1H. The third-order valence-electron chi connectivity index (χ3n) is 5.09. The Bertz CT molecular complexity index is 489. The lowest BCUT2D eigenvalue weighted by molar-refractivity contribution is -0.143. The highest BCUT2D eigenvalue weighted by atomic mass is 127. The van der Waals surface area contributed by atoms with E-state index >= 15 is 0 Å². The van der Waals surface area contributed by atoms with E-state index in [1.165, 1.54) is 4.90 Å². The average molecular weight is 506 g/mol. The fourth-order valence-corrected chi connectivity index (χ4v) is 3.91. The van der Waals surface area contributed by atoms with Gasteiger partial charge in [-0.2, -0.15) is 13.2 Å². The number of rotatable bonds is 4. The van der Waals surface area contributed by atoms with E-state index < -0.39 is 12.7 Å². The highest BCUT2D eigenvalue weighted by Crippen LogP contribution is 2.22. The van der Waals surface area contributed by atoms with Crippen molar-refractivity contribution in [3.63, 3.8) is 0 Å². The molecule has 0 aromatic heterocycles. The molecular formula is C17H30F3IN4O2. The van der Waals surface area contributed by atoms with Crippen molar-refractivity contribution in [1.82, 2.24) is 15.1 Å². The predicted octanol–water partition coefficient (Wildman–Crippen LogP) is 2.09. The lowest BCUT2D eigenvalue weighted by atomic mass is 10.1. The lowest BCUT2D eigenvalue weighted by Gasteiger charge is -2.38. The number of alkyl halides is 3. The van der Waals surface area contributed by atoms with Crippen molar-refractivity contribution in [3.05, 3.63) is 0 Å². The Labute approximate surface area is 175 Å². The summed E-state index contributed by atoms with van der Waals surface area (Å²) in [7, 11) is 0.